The Morgan fingerprint density at radius 2 is 1.89 bits per heavy atom. The number of urea groups is 1. The van der Waals surface area contributed by atoms with Crippen LogP contribution < -0.4 is 10.1 Å². The third kappa shape index (κ3) is 8.89. The van der Waals surface area contributed by atoms with E-state index in [-0.39, 0.29) is 29.7 Å². The molecule has 0 saturated carbocycles. The first-order valence-electron chi connectivity index (χ1n) is 11.0. The normalized spacial score (nSPS) is 15.3. The number of benzene rings is 1. The monoisotopic (exact) mass is 517 g/mol. The number of carbonyl (C=O) groups excluding carboxylic acids is 2. The van der Waals surface area contributed by atoms with Crippen molar-refractivity contribution in [1.82, 2.24) is 15.4 Å². The van der Waals surface area contributed by atoms with Gasteiger partial charge in [-0.1, -0.05) is 41.9 Å². The van der Waals surface area contributed by atoms with Gasteiger partial charge in [-0.2, -0.15) is 13.2 Å². The summed E-state index contributed by atoms with van der Waals surface area (Å²) in [5, 5.41) is 5.94. The molecule has 3 amide bonds. The second kappa shape index (κ2) is 11.6. The molecular formula is C22H26F3N3O6S. The molecule has 1 saturated heterocycles. The summed E-state index contributed by atoms with van der Waals surface area (Å²) in [6, 6.07) is 9.80. The first kappa shape index (κ1) is 26.5. The van der Waals surface area contributed by atoms with E-state index in [2.05, 4.69) is 15.2 Å². The molecule has 2 heterocycles. The number of carbonyl (C=O) groups is 2. The van der Waals surface area contributed by atoms with Crippen LogP contribution in [0.3, 0.4) is 0 Å². The van der Waals surface area contributed by atoms with Crippen LogP contribution in [0.5, 0.6) is 5.95 Å². The fourth-order valence-corrected chi connectivity index (χ4v) is 5.40. The molecule has 1 fully saturated rings. The van der Waals surface area contributed by atoms with Gasteiger partial charge in [-0.15, -0.1) is 0 Å². The zero-order valence-corrected chi connectivity index (χ0v) is 19.6. The SMILES string of the molecule is O=C1CN(CCCCCS(=O)(=O)CC(Cc2ccccc2)c2cc(OCC(F)(F)F)on2)C(=O)N1. The summed E-state index contributed by atoms with van der Waals surface area (Å²) in [4.78, 5) is 24.1. The van der Waals surface area contributed by atoms with E-state index in [1.165, 1.54) is 11.0 Å². The number of nitrogens with one attached hydrogen (secondary N) is 1. The van der Waals surface area contributed by atoms with Gasteiger partial charge in [0.2, 0.25) is 5.91 Å². The van der Waals surface area contributed by atoms with Crippen molar-refractivity contribution in [3.05, 3.63) is 47.7 Å². The molecule has 3 rings (SSSR count). The molecule has 1 atom stereocenters. The Morgan fingerprint density at radius 3 is 2.54 bits per heavy atom. The van der Waals surface area contributed by atoms with Crippen LogP contribution in [-0.2, 0) is 21.1 Å². The lowest BCUT2D eigenvalue weighted by atomic mass is 9.98. The van der Waals surface area contributed by atoms with Gasteiger partial charge in [0.25, 0.3) is 0 Å². The standard InChI is InChI=1S/C22H26F3N3O6S/c23-22(24,25)15-33-20-12-18(27-34-20)17(11-16-7-3-1-4-8-16)14-35(31,32)10-6-2-5-9-28-13-19(29)26-21(28)30/h1,3-4,7-8,12,17H,2,5-6,9-11,13-15H2,(H,26,29,30). The lowest BCUT2D eigenvalue weighted by Gasteiger charge is -2.15. The highest BCUT2D eigenvalue weighted by atomic mass is 32.2. The number of alkyl halides is 3. The topological polar surface area (TPSA) is 119 Å². The first-order chi connectivity index (χ1) is 16.5. The Labute approximate surface area is 200 Å². The van der Waals surface area contributed by atoms with E-state index in [4.69, 9.17) is 4.52 Å². The maximum absolute atomic E-state index is 12.8. The van der Waals surface area contributed by atoms with Gasteiger partial charge >= 0.3 is 18.2 Å². The van der Waals surface area contributed by atoms with Gasteiger partial charge in [-0.05, 0) is 24.8 Å². The molecule has 1 aromatic carbocycles. The number of nitrogens with zero attached hydrogens (tertiary/aromatic N) is 2. The summed E-state index contributed by atoms with van der Waals surface area (Å²) in [5.41, 5.74) is 1.03. The quantitative estimate of drug-likeness (QED) is 0.320. The van der Waals surface area contributed by atoms with Crippen molar-refractivity contribution in [2.45, 2.75) is 37.8 Å². The molecule has 13 heteroatoms. The summed E-state index contributed by atoms with van der Waals surface area (Å²) in [5.74, 6) is -1.80. The van der Waals surface area contributed by atoms with Crippen LogP contribution in [0.4, 0.5) is 18.0 Å². The molecule has 1 aromatic heterocycles. The van der Waals surface area contributed by atoms with Crippen LogP contribution in [0.1, 0.15) is 36.4 Å². The molecule has 1 aliphatic rings. The largest absolute Gasteiger partial charge is 0.454 e. The van der Waals surface area contributed by atoms with Gasteiger partial charge in [0.1, 0.15) is 6.54 Å². The number of sulfone groups is 1. The molecular weight excluding hydrogens is 491 g/mol. The first-order valence-corrected chi connectivity index (χ1v) is 12.8. The summed E-state index contributed by atoms with van der Waals surface area (Å²) < 4.78 is 72.3. The molecule has 1 unspecified atom stereocenters. The van der Waals surface area contributed by atoms with Gasteiger partial charge in [-0.3, -0.25) is 10.1 Å². The van der Waals surface area contributed by atoms with E-state index >= 15 is 0 Å². The number of hydrogen-bond donors (Lipinski definition) is 1. The Balaban J connectivity index is 1.57. The second-order valence-electron chi connectivity index (χ2n) is 8.31. The average molecular weight is 518 g/mol. The molecule has 35 heavy (non-hydrogen) atoms. The predicted octanol–water partition coefficient (Wildman–Crippen LogP) is 3.08. The summed E-state index contributed by atoms with van der Waals surface area (Å²) >= 11 is 0. The molecule has 1 N–H and O–H groups in total. The number of unbranched alkanes of at least 4 members (excludes halogenated alkanes) is 2. The van der Waals surface area contributed by atoms with Crippen molar-refractivity contribution >= 4 is 21.8 Å². The van der Waals surface area contributed by atoms with Crippen molar-refractivity contribution in [1.29, 1.82) is 0 Å². The molecule has 9 nitrogen and oxygen atoms in total. The van der Waals surface area contributed by atoms with Crippen molar-refractivity contribution in [3.8, 4) is 5.95 Å². The Bertz CT molecular complexity index is 1110. The second-order valence-corrected chi connectivity index (χ2v) is 10.5. The number of aromatic nitrogens is 1. The highest BCUT2D eigenvalue weighted by Gasteiger charge is 2.30. The maximum Gasteiger partial charge on any atom is 0.422 e. The van der Waals surface area contributed by atoms with E-state index < -0.39 is 40.5 Å². The highest BCUT2D eigenvalue weighted by Crippen LogP contribution is 2.27. The fraction of sp³-hybridized carbons (Fsp3) is 0.500. The van der Waals surface area contributed by atoms with Gasteiger partial charge in [-0.25, -0.2) is 13.2 Å². The minimum absolute atomic E-state index is 0.00463. The van der Waals surface area contributed by atoms with Gasteiger partial charge in [0, 0.05) is 18.5 Å². The third-order valence-electron chi connectivity index (χ3n) is 5.33. The minimum atomic E-state index is -4.55. The van der Waals surface area contributed by atoms with Crippen molar-refractivity contribution in [3.63, 3.8) is 0 Å². The lowest BCUT2D eigenvalue weighted by molar-refractivity contribution is -0.156. The summed E-state index contributed by atoms with van der Waals surface area (Å²) in [7, 11) is -3.54. The number of hydrogen-bond acceptors (Lipinski definition) is 7. The average Bonchev–Trinajstić information content (AvgIpc) is 3.37. The van der Waals surface area contributed by atoms with E-state index in [1.54, 1.807) is 12.1 Å². The smallest absolute Gasteiger partial charge is 0.422 e. The van der Waals surface area contributed by atoms with Crippen LogP contribution in [0.15, 0.2) is 40.9 Å². The van der Waals surface area contributed by atoms with Gasteiger partial charge in [0.05, 0.1) is 17.2 Å². The number of ether oxygens (including phenoxy) is 1. The van der Waals surface area contributed by atoms with Crippen LogP contribution in [0.25, 0.3) is 0 Å². The molecule has 2 aromatic rings. The summed E-state index contributed by atoms with van der Waals surface area (Å²) in [6.45, 7) is -1.19. The number of rotatable bonds is 13. The van der Waals surface area contributed by atoms with Crippen LogP contribution in [0.2, 0.25) is 0 Å². The zero-order chi connectivity index (χ0) is 25.5. The molecule has 0 radical (unpaired) electrons. The number of imide groups is 1. The predicted molar refractivity (Wildman–Crippen MR) is 119 cm³/mol. The minimum Gasteiger partial charge on any atom is -0.454 e. The molecule has 0 spiro atoms. The van der Waals surface area contributed by atoms with E-state index in [0.29, 0.717) is 32.2 Å². The summed E-state index contributed by atoms with van der Waals surface area (Å²) in [6.07, 6.45) is -2.80. The number of amides is 3. The Morgan fingerprint density at radius 1 is 1.14 bits per heavy atom. The third-order valence-corrected chi connectivity index (χ3v) is 7.16. The van der Waals surface area contributed by atoms with Crippen LogP contribution in [-0.4, -0.2) is 67.8 Å². The van der Waals surface area contributed by atoms with Crippen LogP contribution in [0, 0.1) is 0 Å². The molecule has 0 aliphatic carbocycles. The highest BCUT2D eigenvalue weighted by molar-refractivity contribution is 7.91. The number of halogens is 3. The molecule has 192 valence electrons. The van der Waals surface area contributed by atoms with Gasteiger partial charge < -0.3 is 14.2 Å². The van der Waals surface area contributed by atoms with Gasteiger partial charge in [0.15, 0.2) is 16.4 Å². The van der Waals surface area contributed by atoms with E-state index in [9.17, 15) is 31.2 Å². The zero-order valence-electron chi connectivity index (χ0n) is 18.8. The van der Waals surface area contributed by atoms with Crippen molar-refractivity contribution in [2.75, 3.05) is 31.2 Å². The fourth-order valence-electron chi connectivity index (χ4n) is 3.69. The Kier molecular flexibility index (Phi) is 8.76. The molecule has 0 bridgehead atoms. The lowest BCUT2D eigenvalue weighted by Crippen LogP contribution is -2.29. The van der Waals surface area contributed by atoms with E-state index in [1.807, 2.05) is 18.2 Å². The van der Waals surface area contributed by atoms with E-state index in [0.717, 1.165) is 5.56 Å². The molecule has 1 aliphatic heterocycles. The van der Waals surface area contributed by atoms with Crippen molar-refractivity contribution < 1.29 is 40.4 Å². The van der Waals surface area contributed by atoms with Crippen molar-refractivity contribution in [2.24, 2.45) is 0 Å². The maximum atomic E-state index is 12.8. The Hall–Kier alpha value is -3.09. The van der Waals surface area contributed by atoms with Crippen LogP contribution >= 0.6 is 0 Å².